The molecule has 0 aliphatic carbocycles. The second-order valence-corrected chi connectivity index (χ2v) is 5.99. The van der Waals surface area contributed by atoms with Gasteiger partial charge in [-0.3, -0.25) is 4.99 Å². The van der Waals surface area contributed by atoms with Gasteiger partial charge in [0.1, 0.15) is 0 Å². The van der Waals surface area contributed by atoms with Gasteiger partial charge in [0.2, 0.25) is 0 Å². The van der Waals surface area contributed by atoms with E-state index < -0.39 is 0 Å². The average molecular weight is 267 g/mol. The first-order valence-electron chi connectivity index (χ1n) is 6.68. The van der Waals surface area contributed by atoms with E-state index in [9.17, 15) is 0 Å². The highest BCUT2D eigenvalue weighted by atomic mass is 32.1. The van der Waals surface area contributed by atoms with E-state index in [1.54, 1.807) is 0 Å². The molecule has 0 aromatic carbocycles. The van der Waals surface area contributed by atoms with Crippen molar-refractivity contribution in [2.75, 3.05) is 13.6 Å². The van der Waals surface area contributed by atoms with Crippen molar-refractivity contribution in [3.05, 3.63) is 21.9 Å². The molecule has 1 rings (SSSR count). The van der Waals surface area contributed by atoms with Crippen LogP contribution in [-0.4, -0.2) is 25.6 Å². The van der Waals surface area contributed by atoms with Gasteiger partial charge in [0.05, 0.1) is 0 Å². The van der Waals surface area contributed by atoms with Crippen LogP contribution >= 0.6 is 11.3 Å². The van der Waals surface area contributed by atoms with Crippen molar-refractivity contribution in [2.24, 2.45) is 4.99 Å². The number of guanidine groups is 1. The molecule has 0 aliphatic heterocycles. The Labute approximate surface area is 115 Å². The zero-order valence-corrected chi connectivity index (χ0v) is 12.7. The Kier molecular flexibility index (Phi) is 6.80. The molecule has 0 aliphatic rings. The normalized spacial score (nSPS) is 13.4. The Balaban J connectivity index is 2.35. The molecule has 1 atom stereocenters. The number of rotatable bonds is 6. The van der Waals surface area contributed by atoms with Gasteiger partial charge in [-0.2, -0.15) is 0 Å². The second-order valence-electron chi connectivity index (χ2n) is 4.61. The first kappa shape index (κ1) is 15.0. The smallest absolute Gasteiger partial charge is 0.191 e. The highest BCUT2D eigenvalue weighted by molar-refractivity contribution is 7.11. The molecule has 2 N–H and O–H groups in total. The van der Waals surface area contributed by atoms with Crippen molar-refractivity contribution in [1.29, 1.82) is 0 Å². The summed E-state index contributed by atoms with van der Waals surface area (Å²) in [6.45, 7) is 7.53. The van der Waals surface area contributed by atoms with Crippen LogP contribution in [0.25, 0.3) is 0 Å². The maximum Gasteiger partial charge on any atom is 0.191 e. The van der Waals surface area contributed by atoms with Crippen molar-refractivity contribution in [2.45, 2.75) is 46.1 Å². The van der Waals surface area contributed by atoms with Crippen LogP contribution in [0.5, 0.6) is 0 Å². The number of aryl methyl sites for hydroxylation is 1. The van der Waals surface area contributed by atoms with Gasteiger partial charge in [-0.05, 0) is 32.4 Å². The van der Waals surface area contributed by atoms with Crippen LogP contribution in [0.15, 0.2) is 17.1 Å². The number of thiophene rings is 1. The monoisotopic (exact) mass is 267 g/mol. The SMILES string of the molecule is CCCCNC(=NC)NC(C)Cc1ccc(C)s1. The molecule has 0 bridgehead atoms. The van der Waals surface area contributed by atoms with E-state index in [-0.39, 0.29) is 0 Å². The Bertz CT molecular complexity index is 371. The summed E-state index contributed by atoms with van der Waals surface area (Å²) in [7, 11) is 1.82. The van der Waals surface area contributed by atoms with Crippen molar-refractivity contribution >= 4 is 17.3 Å². The predicted octanol–water partition coefficient (Wildman–Crippen LogP) is 2.95. The first-order valence-corrected chi connectivity index (χ1v) is 7.49. The number of aliphatic imine (C=N–C) groups is 1. The van der Waals surface area contributed by atoms with E-state index in [2.05, 4.69) is 48.5 Å². The fraction of sp³-hybridized carbons (Fsp3) is 0.643. The minimum Gasteiger partial charge on any atom is -0.356 e. The average Bonchev–Trinajstić information content (AvgIpc) is 2.73. The molecule has 4 heteroatoms. The second kappa shape index (κ2) is 8.14. The van der Waals surface area contributed by atoms with E-state index in [0.717, 1.165) is 18.9 Å². The van der Waals surface area contributed by atoms with Gasteiger partial charge in [-0.1, -0.05) is 13.3 Å². The van der Waals surface area contributed by atoms with Crippen LogP contribution in [0.4, 0.5) is 0 Å². The fourth-order valence-electron chi connectivity index (χ4n) is 1.76. The lowest BCUT2D eigenvalue weighted by Crippen LogP contribution is -2.43. The molecule has 3 nitrogen and oxygen atoms in total. The number of nitrogens with one attached hydrogen (secondary N) is 2. The first-order chi connectivity index (χ1) is 8.65. The third kappa shape index (κ3) is 5.54. The fourth-order valence-corrected chi connectivity index (χ4v) is 2.78. The van der Waals surface area contributed by atoms with Crippen LogP contribution in [0.2, 0.25) is 0 Å². The lowest BCUT2D eigenvalue weighted by atomic mass is 10.2. The zero-order valence-electron chi connectivity index (χ0n) is 11.9. The topological polar surface area (TPSA) is 36.4 Å². The summed E-state index contributed by atoms with van der Waals surface area (Å²) in [4.78, 5) is 7.05. The van der Waals surface area contributed by atoms with Gasteiger partial charge in [0, 0.05) is 35.8 Å². The van der Waals surface area contributed by atoms with Gasteiger partial charge in [-0.25, -0.2) is 0 Å². The summed E-state index contributed by atoms with van der Waals surface area (Å²) in [5.41, 5.74) is 0. The number of nitrogens with zero attached hydrogens (tertiary/aromatic N) is 1. The summed E-state index contributed by atoms with van der Waals surface area (Å²) in [5, 5.41) is 6.76. The predicted molar refractivity (Wildman–Crippen MR) is 81.6 cm³/mol. The standard InChI is InChI=1S/C14H25N3S/c1-5-6-9-16-14(15-4)17-11(2)10-13-8-7-12(3)18-13/h7-8,11H,5-6,9-10H2,1-4H3,(H2,15,16,17). The van der Waals surface area contributed by atoms with Crippen molar-refractivity contribution in [3.63, 3.8) is 0 Å². The third-order valence-electron chi connectivity index (χ3n) is 2.73. The molecule has 0 saturated heterocycles. The van der Waals surface area contributed by atoms with Crippen molar-refractivity contribution in [3.8, 4) is 0 Å². The van der Waals surface area contributed by atoms with Crippen LogP contribution in [-0.2, 0) is 6.42 Å². The maximum atomic E-state index is 4.24. The lowest BCUT2D eigenvalue weighted by Gasteiger charge is -2.17. The van der Waals surface area contributed by atoms with Crippen LogP contribution in [0.3, 0.4) is 0 Å². The molecule has 1 aromatic heterocycles. The van der Waals surface area contributed by atoms with Gasteiger partial charge < -0.3 is 10.6 Å². The minimum atomic E-state index is 0.399. The zero-order chi connectivity index (χ0) is 13.4. The molecular formula is C14H25N3S. The van der Waals surface area contributed by atoms with E-state index >= 15 is 0 Å². The molecule has 1 aromatic rings. The lowest BCUT2D eigenvalue weighted by molar-refractivity contribution is 0.638. The summed E-state index contributed by atoms with van der Waals surface area (Å²) >= 11 is 1.87. The molecule has 0 saturated carbocycles. The number of hydrogen-bond acceptors (Lipinski definition) is 2. The molecule has 0 spiro atoms. The quantitative estimate of drug-likeness (QED) is 0.472. The summed E-state index contributed by atoms with van der Waals surface area (Å²) < 4.78 is 0. The largest absolute Gasteiger partial charge is 0.356 e. The summed E-state index contributed by atoms with van der Waals surface area (Å²) in [5.74, 6) is 0.907. The van der Waals surface area contributed by atoms with Crippen LogP contribution < -0.4 is 10.6 Å². The Morgan fingerprint density at radius 3 is 2.78 bits per heavy atom. The van der Waals surface area contributed by atoms with Crippen LogP contribution in [0, 0.1) is 6.92 Å². The van der Waals surface area contributed by atoms with E-state index in [4.69, 9.17) is 0 Å². The molecule has 0 radical (unpaired) electrons. The third-order valence-corrected chi connectivity index (χ3v) is 3.76. The summed E-state index contributed by atoms with van der Waals surface area (Å²) in [6, 6.07) is 4.79. The van der Waals surface area contributed by atoms with Crippen molar-refractivity contribution < 1.29 is 0 Å². The Morgan fingerprint density at radius 1 is 1.44 bits per heavy atom. The molecule has 0 fully saturated rings. The molecule has 102 valence electrons. The van der Waals surface area contributed by atoms with Gasteiger partial charge >= 0.3 is 0 Å². The van der Waals surface area contributed by atoms with Crippen LogP contribution in [0.1, 0.15) is 36.4 Å². The Hall–Kier alpha value is -1.03. The molecule has 1 heterocycles. The van der Waals surface area contributed by atoms with Gasteiger partial charge in [-0.15, -0.1) is 11.3 Å². The molecule has 0 amide bonds. The van der Waals surface area contributed by atoms with Gasteiger partial charge in [0.25, 0.3) is 0 Å². The number of unbranched alkanes of at least 4 members (excludes halogenated alkanes) is 1. The van der Waals surface area contributed by atoms with E-state index in [0.29, 0.717) is 6.04 Å². The molecular weight excluding hydrogens is 242 g/mol. The molecule has 1 unspecified atom stereocenters. The van der Waals surface area contributed by atoms with E-state index in [1.165, 1.54) is 22.6 Å². The maximum absolute atomic E-state index is 4.24. The van der Waals surface area contributed by atoms with E-state index in [1.807, 2.05) is 18.4 Å². The molecule has 18 heavy (non-hydrogen) atoms. The highest BCUT2D eigenvalue weighted by Crippen LogP contribution is 2.16. The van der Waals surface area contributed by atoms with Gasteiger partial charge in [0.15, 0.2) is 5.96 Å². The highest BCUT2D eigenvalue weighted by Gasteiger charge is 2.07. The van der Waals surface area contributed by atoms with Crippen molar-refractivity contribution in [1.82, 2.24) is 10.6 Å². The number of hydrogen-bond donors (Lipinski definition) is 2. The minimum absolute atomic E-state index is 0.399. The summed E-state index contributed by atoms with van der Waals surface area (Å²) in [6.07, 6.45) is 3.43. The Morgan fingerprint density at radius 2 is 2.22 bits per heavy atom.